The second-order valence-electron chi connectivity index (χ2n) is 7.28. The first kappa shape index (κ1) is 22.5. The summed E-state index contributed by atoms with van der Waals surface area (Å²) in [7, 11) is 0. The van der Waals surface area contributed by atoms with Gasteiger partial charge in [-0.25, -0.2) is 0 Å². The van der Waals surface area contributed by atoms with Gasteiger partial charge in [-0.2, -0.15) is 0 Å². The monoisotopic (exact) mass is 396 g/mol. The minimum atomic E-state index is -0.531. The smallest absolute Gasteiger partial charge is 0.261 e. The highest BCUT2D eigenvalue weighted by molar-refractivity contribution is 5.88. The summed E-state index contributed by atoms with van der Waals surface area (Å²) in [5, 5.41) is 2.92. The Morgan fingerprint density at radius 1 is 1.07 bits per heavy atom. The van der Waals surface area contributed by atoms with Crippen molar-refractivity contribution in [1.29, 1.82) is 0 Å². The summed E-state index contributed by atoms with van der Waals surface area (Å²) in [4.78, 5) is 27.4. The lowest BCUT2D eigenvalue weighted by atomic mass is 10.1. The molecule has 2 amide bonds. The van der Waals surface area contributed by atoms with Crippen LogP contribution in [0.25, 0.3) is 0 Å². The molecule has 0 fully saturated rings. The molecule has 0 radical (unpaired) electrons. The predicted molar refractivity (Wildman–Crippen MR) is 116 cm³/mol. The van der Waals surface area contributed by atoms with Crippen molar-refractivity contribution in [2.75, 3.05) is 13.2 Å². The van der Waals surface area contributed by atoms with E-state index in [2.05, 4.69) is 5.32 Å². The SMILES string of the molecule is CCCNC(=O)[C@@H](CC)N(Cc1ccccc1)C(=O)COc1cc(C)ccc1C. The van der Waals surface area contributed by atoms with Gasteiger partial charge in [0.15, 0.2) is 6.61 Å². The molecule has 5 nitrogen and oxygen atoms in total. The summed E-state index contributed by atoms with van der Waals surface area (Å²) >= 11 is 0. The maximum absolute atomic E-state index is 13.1. The third kappa shape index (κ3) is 6.63. The molecule has 0 aliphatic heterocycles. The Balaban J connectivity index is 2.19. The maximum Gasteiger partial charge on any atom is 0.261 e. The molecule has 0 saturated heterocycles. The molecule has 0 aliphatic rings. The minimum absolute atomic E-state index is 0.102. The summed E-state index contributed by atoms with van der Waals surface area (Å²) in [6.07, 6.45) is 1.39. The maximum atomic E-state index is 13.1. The summed E-state index contributed by atoms with van der Waals surface area (Å²) in [6.45, 7) is 8.73. The Morgan fingerprint density at radius 3 is 2.45 bits per heavy atom. The van der Waals surface area contributed by atoms with E-state index in [0.29, 0.717) is 25.3 Å². The predicted octanol–water partition coefficient (Wildman–Crippen LogP) is 4.02. The molecule has 0 aliphatic carbocycles. The van der Waals surface area contributed by atoms with E-state index in [-0.39, 0.29) is 18.4 Å². The van der Waals surface area contributed by atoms with Gasteiger partial charge < -0.3 is 15.0 Å². The zero-order valence-electron chi connectivity index (χ0n) is 17.9. The summed E-state index contributed by atoms with van der Waals surface area (Å²) in [6, 6.07) is 15.1. The van der Waals surface area contributed by atoms with E-state index in [1.165, 1.54) is 0 Å². The van der Waals surface area contributed by atoms with E-state index >= 15 is 0 Å². The zero-order chi connectivity index (χ0) is 21.2. The van der Waals surface area contributed by atoms with Crippen LogP contribution in [0.1, 0.15) is 43.4 Å². The van der Waals surface area contributed by atoms with Gasteiger partial charge in [0.05, 0.1) is 0 Å². The normalized spacial score (nSPS) is 11.6. The van der Waals surface area contributed by atoms with E-state index in [4.69, 9.17) is 4.74 Å². The molecule has 0 bridgehead atoms. The van der Waals surface area contributed by atoms with Crippen molar-refractivity contribution in [1.82, 2.24) is 10.2 Å². The highest BCUT2D eigenvalue weighted by Gasteiger charge is 2.28. The second kappa shape index (κ2) is 11.2. The van der Waals surface area contributed by atoms with Crippen LogP contribution in [0.3, 0.4) is 0 Å². The number of hydrogen-bond acceptors (Lipinski definition) is 3. The Morgan fingerprint density at radius 2 is 1.79 bits per heavy atom. The molecular formula is C24H32N2O3. The molecule has 1 N–H and O–H groups in total. The first-order chi connectivity index (χ1) is 14.0. The Labute approximate surface area is 174 Å². The number of carbonyl (C=O) groups excluding carboxylic acids is 2. The van der Waals surface area contributed by atoms with E-state index in [9.17, 15) is 9.59 Å². The molecule has 156 valence electrons. The number of carbonyl (C=O) groups is 2. The van der Waals surface area contributed by atoms with E-state index < -0.39 is 6.04 Å². The molecule has 2 aromatic carbocycles. The van der Waals surface area contributed by atoms with Gasteiger partial charge in [0.2, 0.25) is 5.91 Å². The largest absolute Gasteiger partial charge is 0.483 e. The standard InChI is InChI=1S/C24H32N2O3/c1-5-14-25-24(28)21(6-2)26(16-20-10-8-7-9-11-20)23(27)17-29-22-15-18(3)12-13-19(22)4/h7-13,15,21H,5-6,14,16-17H2,1-4H3,(H,25,28)/t21-/m1/s1. The molecule has 1 atom stereocenters. The van der Waals surface area contributed by atoms with Crippen LogP contribution in [0.15, 0.2) is 48.5 Å². The quantitative estimate of drug-likeness (QED) is 0.660. The van der Waals surface area contributed by atoms with Crippen LogP contribution in [-0.2, 0) is 16.1 Å². The zero-order valence-corrected chi connectivity index (χ0v) is 17.9. The van der Waals surface area contributed by atoms with Gasteiger partial charge in [0, 0.05) is 13.1 Å². The molecule has 5 heteroatoms. The van der Waals surface area contributed by atoms with E-state index in [0.717, 1.165) is 23.1 Å². The van der Waals surface area contributed by atoms with Crippen molar-refractivity contribution in [3.8, 4) is 5.75 Å². The second-order valence-corrected chi connectivity index (χ2v) is 7.28. The lowest BCUT2D eigenvalue weighted by Gasteiger charge is -2.30. The van der Waals surface area contributed by atoms with Gasteiger partial charge in [-0.05, 0) is 49.4 Å². The third-order valence-electron chi connectivity index (χ3n) is 4.83. The Kier molecular flexibility index (Phi) is 8.71. The van der Waals surface area contributed by atoms with Crippen LogP contribution < -0.4 is 10.1 Å². The number of hydrogen-bond donors (Lipinski definition) is 1. The fourth-order valence-electron chi connectivity index (χ4n) is 3.15. The van der Waals surface area contributed by atoms with Gasteiger partial charge in [-0.15, -0.1) is 0 Å². The van der Waals surface area contributed by atoms with Crippen molar-refractivity contribution >= 4 is 11.8 Å². The third-order valence-corrected chi connectivity index (χ3v) is 4.83. The molecule has 0 aromatic heterocycles. The average molecular weight is 397 g/mol. The van der Waals surface area contributed by atoms with Gasteiger partial charge in [0.1, 0.15) is 11.8 Å². The molecule has 2 aromatic rings. The summed E-state index contributed by atoms with van der Waals surface area (Å²) < 4.78 is 5.83. The first-order valence-corrected chi connectivity index (χ1v) is 10.3. The number of ether oxygens (including phenoxy) is 1. The lowest BCUT2D eigenvalue weighted by Crippen LogP contribution is -2.50. The number of nitrogens with one attached hydrogen (secondary N) is 1. The Bertz CT molecular complexity index is 805. The van der Waals surface area contributed by atoms with Crippen molar-refractivity contribution in [2.45, 2.75) is 53.1 Å². The van der Waals surface area contributed by atoms with Crippen LogP contribution in [-0.4, -0.2) is 35.9 Å². The van der Waals surface area contributed by atoms with Crippen molar-refractivity contribution in [3.63, 3.8) is 0 Å². The highest BCUT2D eigenvalue weighted by Crippen LogP contribution is 2.20. The molecular weight excluding hydrogens is 364 g/mol. The number of aryl methyl sites for hydroxylation is 2. The fraction of sp³-hybridized carbons (Fsp3) is 0.417. The first-order valence-electron chi connectivity index (χ1n) is 10.3. The van der Waals surface area contributed by atoms with E-state index in [1.54, 1.807) is 4.90 Å². The molecule has 0 unspecified atom stereocenters. The highest BCUT2D eigenvalue weighted by atomic mass is 16.5. The van der Waals surface area contributed by atoms with Crippen LogP contribution in [0.2, 0.25) is 0 Å². The molecule has 0 spiro atoms. The number of benzene rings is 2. The minimum Gasteiger partial charge on any atom is -0.483 e. The molecule has 2 rings (SSSR count). The Hall–Kier alpha value is -2.82. The van der Waals surface area contributed by atoms with Crippen LogP contribution in [0, 0.1) is 13.8 Å². The number of nitrogens with zero attached hydrogens (tertiary/aromatic N) is 1. The molecule has 29 heavy (non-hydrogen) atoms. The van der Waals surface area contributed by atoms with Crippen LogP contribution in [0.5, 0.6) is 5.75 Å². The van der Waals surface area contributed by atoms with Crippen molar-refractivity contribution in [2.24, 2.45) is 0 Å². The number of amides is 2. The van der Waals surface area contributed by atoms with Gasteiger partial charge in [-0.3, -0.25) is 9.59 Å². The van der Waals surface area contributed by atoms with Crippen LogP contribution >= 0.6 is 0 Å². The molecule has 0 saturated carbocycles. The fourth-order valence-corrected chi connectivity index (χ4v) is 3.15. The van der Waals surface area contributed by atoms with Gasteiger partial charge >= 0.3 is 0 Å². The lowest BCUT2D eigenvalue weighted by molar-refractivity contribution is -0.143. The number of rotatable bonds is 10. The van der Waals surface area contributed by atoms with E-state index in [1.807, 2.05) is 76.2 Å². The van der Waals surface area contributed by atoms with Gasteiger partial charge in [-0.1, -0.05) is 56.3 Å². The summed E-state index contributed by atoms with van der Waals surface area (Å²) in [5.74, 6) is 0.375. The van der Waals surface area contributed by atoms with Crippen molar-refractivity contribution in [3.05, 3.63) is 65.2 Å². The van der Waals surface area contributed by atoms with Gasteiger partial charge in [0.25, 0.3) is 5.91 Å². The van der Waals surface area contributed by atoms with Crippen LogP contribution in [0.4, 0.5) is 0 Å². The summed E-state index contributed by atoms with van der Waals surface area (Å²) in [5.41, 5.74) is 3.03. The average Bonchev–Trinajstić information content (AvgIpc) is 2.73. The van der Waals surface area contributed by atoms with Crippen molar-refractivity contribution < 1.29 is 14.3 Å². The molecule has 0 heterocycles. The topological polar surface area (TPSA) is 58.6 Å².